The molecule has 0 fully saturated rings. The van der Waals surface area contributed by atoms with Crippen LogP contribution in [-0.2, 0) is 22.4 Å². The molecule has 6 rings (SSSR count). The van der Waals surface area contributed by atoms with Crippen LogP contribution in [0.1, 0.15) is 101 Å². The van der Waals surface area contributed by atoms with Crippen molar-refractivity contribution in [2.75, 3.05) is 9.80 Å². The van der Waals surface area contributed by atoms with Gasteiger partial charge in [-0.05, 0) is 69.1 Å². The van der Waals surface area contributed by atoms with Crippen molar-refractivity contribution in [1.82, 2.24) is 4.98 Å². The Labute approximate surface area is 274 Å². The standard InChI is InChI=1S/C27H37N2.C12H8N.Au/c1-18(2)22-11-9-12-23(19(3)4)26(22)28-15-16-29(17-28)27-24(20(5)6)13-10-14-25(27)21(7)8;1-3-7-11-9(5-1)10-6-2-4-8-12(10)13-11;/h9-21H,1-8H3;1-8H;/q2*-1;. The maximum absolute atomic E-state index is 4.52. The molecule has 0 amide bonds. The summed E-state index contributed by atoms with van der Waals surface area (Å²) in [5.74, 6) is 1.92. The first-order chi connectivity index (χ1) is 20.2. The molecule has 229 valence electrons. The summed E-state index contributed by atoms with van der Waals surface area (Å²) in [4.78, 5) is 9.17. The molecule has 4 aromatic carbocycles. The van der Waals surface area contributed by atoms with E-state index in [0.717, 1.165) is 11.0 Å². The maximum atomic E-state index is 4.52. The molecule has 5 aromatic rings. The first-order valence-electron chi connectivity index (χ1n) is 15.4. The normalized spacial score (nSPS) is 13.0. The molecule has 0 saturated heterocycles. The summed E-state index contributed by atoms with van der Waals surface area (Å²) in [7, 11) is 0. The van der Waals surface area contributed by atoms with E-state index in [-0.39, 0.29) is 22.4 Å². The van der Waals surface area contributed by atoms with Crippen LogP contribution >= 0.6 is 0 Å². The van der Waals surface area contributed by atoms with Gasteiger partial charge in [-0.2, -0.15) is 0 Å². The van der Waals surface area contributed by atoms with Crippen molar-refractivity contribution in [2.45, 2.75) is 79.1 Å². The fraction of sp³-hybridized carbons (Fsp3) is 0.308. The van der Waals surface area contributed by atoms with Crippen LogP contribution in [0.4, 0.5) is 11.4 Å². The molecule has 1 aliphatic rings. The van der Waals surface area contributed by atoms with Gasteiger partial charge in [-0.1, -0.05) is 140 Å². The van der Waals surface area contributed by atoms with E-state index in [1.807, 2.05) is 12.1 Å². The van der Waals surface area contributed by atoms with Crippen LogP contribution in [-0.4, -0.2) is 0 Å². The fourth-order valence-corrected chi connectivity index (χ4v) is 5.97. The van der Waals surface area contributed by atoms with E-state index >= 15 is 0 Å². The molecular weight excluding hydrogens is 707 g/mol. The van der Waals surface area contributed by atoms with E-state index in [0.29, 0.717) is 23.7 Å². The van der Waals surface area contributed by atoms with E-state index in [9.17, 15) is 0 Å². The number of fused-ring (bicyclic) bond motifs is 3. The summed E-state index contributed by atoms with van der Waals surface area (Å²) in [5, 5.41) is 2.50. The molecule has 1 aromatic heterocycles. The van der Waals surface area contributed by atoms with Gasteiger partial charge in [0, 0.05) is 33.8 Å². The Bertz CT molecular complexity index is 1520. The first-order valence-corrected chi connectivity index (χ1v) is 15.4. The Balaban J connectivity index is 0.000000250. The Hall–Kier alpha value is -3.24. The van der Waals surface area contributed by atoms with Crippen LogP contribution in [0.5, 0.6) is 0 Å². The average molecular weight is 753 g/mol. The SMILES string of the molecule is CC(C)c1cccc(C(C)C)c1N1C=CN(c2c(C(C)C)cccc2C(C)C)[CH-]1.[Au].c1ccc2c(c1)[n-]c1ccccc12. The molecule has 0 aliphatic carbocycles. The van der Waals surface area contributed by atoms with Gasteiger partial charge >= 0.3 is 0 Å². The van der Waals surface area contributed by atoms with Crippen molar-refractivity contribution in [3.63, 3.8) is 0 Å². The molecule has 0 N–H and O–H groups in total. The molecule has 0 atom stereocenters. The molecule has 43 heavy (non-hydrogen) atoms. The summed E-state index contributed by atoms with van der Waals surface area (Å²) in [5.41, 5.74) is 10.5. The molecule has 4 heteroatoms. The van der Waals surface area contributed by atoms with Gasteiger partial charge in [-0.25, -0.2) is 0 Å². The van der Waals surface area contributed by atoms with Crippen LogP contribution in [0.15, 0.2) is 97.3 Å². The molecule has 1 aliphatic heterocycles. The predicted molar refractivity (Wildman–Crippen MR) is 182 cm³/mol. The zero-order chi connectivity index (χ0) is 30.0. The van der Waals surface area contributed by atoms with Gasteiger partial charge in [0.25, 0.3) is 0 Å². The van der Waals surface area contributed by atoms with Crippen molar-refractivity contribution in [3.8, 4) is 0 Å². The molecule has 0 bridgehead atoms. The Morgan fingerprint density at radius 1 is 0.465 bits per heavy atom. The average Bonchev–Trinajstić information content (AvgIpc) is 3.61. The van der Waals surface area contributed by atoms with Gasteiger partial charge in [-0.3, -0.25) is 0 Å². The van der Waals surface area contributed by atoms with Crippen LogP contribution in [0, 0.1) is 6.67 Å². The van der Waals surface area contributed by atoms with Crippen molar-refractivity contribution in [1.29, 1.82) is 0 Å². The van der Waals surface area contributed by atoms with Crippen molar-refractivity contribution in [2.24, 2.45) is 0 Å². The first kappa shape index (κ1) is 32.7. The number of anilines is 2. The summed E-state index contributed by atoms with van der Waals surface area (Å²) in [6.07, 6.45) is 4.43. The third-order valence-electron chi connectivity index (χ3n) is 8.18. The van der Waals surface area contributed by atoms with Gasteiger partial charge < -0.3 is 14.8 Å². The minimum absolute atomic E-state index is 0. The van der Waals surface area contributed by atoms with Gasteiger partial charge in [0.2, 0.25) is 0 Å². The summed E-state index contributed by atoms with van der Waals surface area (Å²) < 4.78 is 0. The molecular formula is C39H45AuN3-2. The molecule has 3 nitrogen and oxygen atoms in total. The smallest absolute Gasteiger partial charge is 0.0195 e. The molecule has 0 spiro atoms. The minimum Gasteiger partial charge on any atom is -0.657 e. The zero-order valence-corrected chi connectivity index (χ0v) is 28.9. The second-order valence-corrected chi connectivity index (χ2v) is 12.6. The molecule has 0 unspecified atom stereocenters. The third-order valence-corrected chi connectivity index (χ3v) is 8.18. The zero-order valence-electron chi connectivity index (χ0n) is 26.8. The summed E-state index contributed by atoms with van der Waals surface area (Å²) in [6, 6.07) is 30.0. The number of hydrogen-bond donors (Lipinski definition) is 0. The fourth-order valence-electron chi connectivity index (χ4n) is 5.97. The van der Waals surface area contributed by atoms with Crippen LogP contribution in [0.25, 0.3) is 21.8 Å². The number of hydrogen-bond acceptors (Lipinski definition) is 2. The van der Waals surface area contributed by atoms with Gasteiger partial charge in [0.15, 0.2) is 0 Å². The van der Waals surface area contributed by atoms with E-state index in [2.05, 4.69) is 162 Å². The number of benzene rings is 4. The number of aromatic nitrogens is 1. The topological polar surface area (TPSA) is 20.6 Å². The van der Waals surface area contributed by atoms with Crippen LogP contribution < -0.4 is 14.8 Å². The van der Waals surface area contributed by atoms with Gasteiger partial charge in [0.1, 0.15) is 0 Å². The molecule has 1 radical (unpaired) electrons. The van der Waals surface area contributed by atoms with E-state index in [4.69, 9.17) is 0 Å². The van der Waals surface area contributed by atoms with Crippen LogP contribution in [0.3, 0.4) is 0 Å². The summed E-state index contributed by atoms with van der Waals surface area (Å²) in [6.45, 7) is 20.5. The Kier molecular flexibility index (Phi) is 10.7. The van der Waals surface area contributed by atoms with Crippen molar-refractivity contribution >= 4 is 33.2 Å². The van der Waals surface area contributed by atoms with Crippen LogP contribution in [0.2, 0.25) is 0 Å². The van der Waals surface area contributed by atoms with E-state index in [1.54, 1.807) is 0 Å². The van der Waals surface area contributed by atoms with E-state index < -0.39 is 0 Å². The predicted octanol–water partition coefficient (Wildman–Crippen LogP) is 11.0. The monoisotopic (exact) mass is 752 g/mol. The van der Waals surface area contributed by atoms with Crippen molar-refractivity contribution in [3.05, 3.63) is 126 Å². The van der Waals surface area contributed by atoms with Crippen molar-refractivity contribution < 1.29 is 22.4 Å². The Morgan fingerprint density at radius 3 is 1.12 bits per heavy atom. The largest absolute Gasteiger partial charge is 0.657 e. The van der Waals surface area contributed by atoms with E-state index in [1.165, 1.54) is 44.4 Å². The quantitative estimate of drug-likeness (QED) is 0.127. The maximum Gasteiger partial charge on any atom is 0.0195 e. The van der Waals surface area contributed by atoms with Gasteiger partial charge in [-0.15, -0.1) is 17.7 Å². The second-order valence-electron chi connectivity index (χ2n) is 12.6. The Morgan fingerprint density at radius 2 is 0.791 bits per heavy atom. The number of rotatable bonds is 6. The minimum atomic E-state index is 0. The third kappa shape index (κ3) is 6.80. The molecule has 2 heterocycles. The summed E-state index contributed by atoms with van der Waals surface area (Å²) >= 11 is 0. The molecule has 0 saturated carbocycles. The second kappa shape index (κ2) is 14.0. The van der Waals surface area contributed by atoms with Gasteiger partial charge in [0.05, 0.1) is 0 Å². The number of para-hydroxylation sites is 4. The number of nitrogens with zero attached hydrogens (tertiary/aromatic N) is 3.